The molecule has 0 aliphatic carbocycles. The van der Waals surface area contributed by atoms with E-state index < -0.39 is 0 Å². The number of hydrogen-bond donors (Lipinski definition) is 1. The van der Waals surface area contributed by atoms with E-state index >= 15 is 0 Å². The van der Waals surface area contributed by atoms with Gasteiger partial charge in [0.25, 0.3) is 0 Å². The summed E-state index contributed by atoms with van der Waals surface area (Å²) in [7, 11) is 0. The smallest absolute Gasteiger partial charge is 0.246 e. The minimum absolute atomic E-state index is 0.346. The Morgan fingerprint density at radius 3 is 2.72 bits per heavy atom. The Bertz CT molecular complexity index is 537. The first kappa shape index (κ1) is 13.1. The van der Waals surface area contributed by atoms with Crippen LogP contribution in [-0.4, -0.2) is 16.7 Å². The highest BCUT2D eigenvalue weighted by molar-refractivity contribution is 6.33. The first-order valence-corrected chi connectivity index (χ1v) is 6.26. The molecule has 0 spiro atoms. The number of benzene rings is 1. The normalized spacial score (nSPS) is 11.8. The highest BCUT2D eigenvalue weighted by Crippen LogP contribution is 2.27. The van der Waals surface area contributed by atoms with Crippen molar-refractivity contribution < 1.29 is 4.52 Å². The topological polar surface area (TPSA) is 51.0 Å². The molecule has 0 atom stereocenters. The van der Waals surface area contributed by atoms with Crippen molar-refractivity contribution in [2.75, 3.05) is 6.54 Å². The SMILES string of the molecule is CCNC(C)(C)c1nc(-c2ccccc2Cl)no1. The first-order chi connectivity index (χ1) is 8.54. The van der Waals surface area contributed by atoms with Gasteiger partial charge in [-0.1, -0.05) is 35.8 Å². The largest absolute Gasteiger partial charge is 0.337 e. The van der Waals surface area contributed by atoms with Gasteiger partial charge < -0.3 is 9.84 Å². The summed E-state index contributed by atoms with van der Waals surface area (Å²) in [6, 6.07) is 7.45. The summed E-state index contributed by atoms with van der Waals surface area (Å²) in [6.45, 7) is 6.87. The van der Waals surface area contributed by atoms with Crippen LogP contribution in [-0.2, 0) is 5.54 Å². The maximum absolute atomic E-state index is 6.11. The summed E-state index contributed by atoms with van der Waals surface area (Å²) in [4.78, 5) is 4.41. The van der Waals surface area contributed by atoms with Crippen LogP contribution in [0.2, 0.25) is 5.02 Å². The second-order valence-electron chi connectivity index (χ2n) is 4.56. The molecule has 0 amide bonds. The van der Waals surface area contributed by atoms with Crippen LogP contribution in [0, 0.1) is 0 Å². The number of nitrogens with zero attached hydrogens (tertiary/aromatic N) is 2. The molecule has 2 rings (SSSR count). The Kier molecular flexibility index (Phi) is 3.68. The summed E-state index contributed by atoms with van der Waals surface area (Å²) in [6.07, 6.45) is 0. The molecule has 0 unspecified atom stereocenters. The Labute approximate surface area is 111 Å². The van der Waals surface area contributed by atoms with E-state index in [4.69, 9.17) is 16.1 Å². The van der Waals surface area contributed by atoms with Crippen LogP contribution in [0.5, 0.6) is 0 Å². The van der Waals surface area contributed by atoms with Crippen LogP contribution < -0.4 is 5.32 Å². The van der Waals surface area contributed by atoms with E-state index in [0.717, 1.165) is 12.1 Å². The summed E-state index contributed by atoms with van der Waals surface area (Å²) < 4.78 is 5.31. The lowest BCUT2D eigenvalue weighted by Gasteiger charge is -2.20. The molecule has 2 aromatic rings. The molecule has 4 nitrogen and oxygen atoms in total. The van der Waals surface area contributed by atoms with Crippen molar-refractivity contribution in [2.24, 2.45) is 0 Å². The van der Waals surface area contributed by atoms with E-state index in [9.17, 15) is 0 Å². The molecule has 0 saturated heterocycles. The van der Waals surface area contributed by atoms with Crippen molar-refractivity contribution in [3.05, 3.63) is 35.2 Å². The molecule has 5 heteroatoms. The molecule has 0 fully saturated rings. The van der Waals surface area contributed by atoms with Gasteiger partial charge in [-0.3, -0.25) is 0 Å². The minimum Gasteiger partial charge on any atom is -0.337 e. The Morgan fingerprint density at radius 1 is 1.33 bits per heavy atom. The van der Waals surface area contributed by atoms with Crippen molar-refractivity contribution in [2.45, 2.75) is 26.3 Å². The van der Waals surface area contributed by atoms with Crippen molar-refractivity contribution >= 4 is 11.6 Å². The molecule has 0 aliphatic rings. The van der Waals surface area contributed by atoms with Crippen molar-refractivity contribution in [3.8, 4) is 11.4 Å². The molecule has 1 aromatic carbocycles. The van der Waals surface area contributed by atoms with E-state index in [1.165, 1.54) is 0 Å². The van der Waals surface area contributed by atoms with Gasteiger partial charge in [0.15, 0.2) is 0 Å². The van der Waals surface area contributed by atoms with Crippen LogP contribution in [0.3, 0.4) is 0 Å². The predicted molar refractivity (Wildman–Crippen MR) is 71.4 cm³/mol. The van der Waals surface area contributed by atoms with Crippen LogP contribution in [0.25, 0.3) is 11.4 Å². The Hall–Kier alpha value is -1.39. The van der Waals surface area contributed by atoms with Crippen molar-refractivity contribution in [3.63, 3.8) is 0 Å². The number of nitrogens with one attached hydrogen (secondary N) is 1. The summed E-state index contributed by atoms with van der Waals surface area (Å²) in [5, 5.41) is 7.89. The van der Waals surface area contributed by atoms with Crippen molar-refractivity contribution in [1.29, 1.82) is 0 Å². The number of halogens is 1. The Balaban J connectivity index is 2.34. The second kappa shape index (κ2) is 5.08. The van der Waals surface area contributed by atoms with Crippen LogP contribution in [0.1, 0.15) is 26.7 Å². The maximum Gasteiger partial charge on any atom is 0.246 e. The molecule has 96 valence electrons. The fourth-order valence-electron chi connectivity index (χ4n) is 1.75. The summed E-state index contributed by atoms with van der Waals surface area (Å²) >= 11 is 6.11. The minimum atomic E-state index is -0.346. The molecular formula is C13H16ClN3O. The van der Waals surface area contributed by atoms with Gasteiger partial charge in [-0.2, -0.15) is 4.98 Å². The van der Waals surface area contributed by atoms with E-state index in [0.29, 0.717) is 16.7 Å². The molecular weight excluding hydrogens is 250 g/mol. The summed E-state index contributed by atoms with van der Waals surface area (Å²) in [5.74, 6) is 1.07. The first-order valence-electron chi connectivity index (χ1n) is 5.88. The third-order valence-electron chi connectivity index (χ3n) is 2.69. The third-order valence-corrected chi connectivity index (χ3v) is 3.02. The zero-order valence-electron chi connectivity index (χ0n) is 10.7. The van der Waals surface area contributed by atoms with Gasteiger partial charge >= 0.3 is 0 Å². The van der Waals surface area contributed by atoms with Crippen LogP contribution in [0.15, 0.2) is 28.8 Å². The molecule has 0 aliphatic heterocycles. The highest BCUT2D eigenvalue weighted by Gasteiger charge is 2.26. The third kappa shape index (κ3) is 2.54. The average molecular weight is 266 g/mol. The zero-order chi connectivity index (χ0) is 13.2. The van der Waals surface area contributed by atoms with Gasteiger partial charge in [-0.05, 0) is 32.5 Å². The molecule has 0 bridgehead atoms. The lowest BCUT2D eigenvalue weighted by molar-refractivity contribution is 0.272. The fourth-order valence-corrected chi connectivity index (χ4v) is 1.97. The predicted octanol–water partition coefficient (Wildman–Crippen LogP) is 3.23. The second-order valence-corrected chi connectivity index (χ2v) is 4.97. The zero-order valence-corrected chi connectivity index (χ0v) is 11.5. The lowest BCUT2D eigenvalue weighted by atomic mass is 10.1. The van der Waals surface area contributed by atoms with Gasteiger partial charge in [0.2, 0.25) is 11.7 Å². The van der Waals surface area contributed by atoms with E-state index in [2.05, 4.69) is 15.5 Å². The highest BCUT2D eigenvalue weighted by atomic mass is 35.5. The van der Waals surface area contributed by atoms with E-state index in [1.807, 2.05) is 45.0 Å². The maximum atomic E-state index is 6.11. The monoisotopic (exact) mass is 265 g/mol. The molecule has 0 saturated carbocycles. The van der Waals surface area contributed by atoms with Gasteiger partial charge in [0.1, 0.15) is 0 Å². The number of hydrogen-bond acceptors (Lipinski definition) is 4. The standard InChI is InChI=1S/C13H16ClN3O/c1-4-15-13(2,3)12-16-11(17-18-12)9-7-5-6-8-10(9)14/h5-8,15H,4H2,1-3H3. The fraction of sp³-hybridized carbons (Fsp3) is 0.385. The van der Waals surface area contributed by atoms with E-state index in [-0.39, 0.29) is 5.54 Å². The molecule has 0 radical (unpaired) electrons. The molecule has 1 heterocycles. The van der Waals surface area contributed by atoms with Crippen LogP contribution in [0.4, 0.5) is 0 Å². The molecule has 1 aromatic heterocycles. The van der Waals surface area contributed by atoms with E-state index in [1.54, 1.807) is 0 Å². The van der Waals surface area contributed by atoms with Gasteiger partial charge in [-0.15, -0.1) is 0 Å². The molecule has 1 N–H and O–H groups in total. The quantitative estimate of drug-likeness (QED) is 0.922. The van der Waals surface area contributed by atoms with Gasteiger partial charge in [-0.25, -0.2) is 0 Å². The van der Waals surface area contributed by atoms with Crippen LogP contribution >= 0.6 is 11.6 Å². The summed E-state index contributed by atoms with van der Waals surface area (Å²) in [5.41, 5.74) is 0.433. The lowest BCUT2D eigenvalue weighted by Crippen LogP contribution is -2.36. The van der Waals surface area contributed by atoms with Crippen molar-refractivity contribution in [1.82, 2.24) is 15.5 Å². The van der Waals surface area contributed by atoms with Gasteiger partial charge in [0.05, 0.1) is 10.6 Å². The average Bonchev–Trinajstić information content (AvgIpc) is 2.79. The van der Waals surface area contributed by atoms with Gasteiger partial charge in [0, 0.05) is 5.56 Å². The number of rotatable bonds is 4. The Morgan fingerprint density at radius 2 is 2.06 bits per heavy atom. The molecule has 18 heavy (non-hydrogen) atoms. The number of aromatic nitrogens is 2.